The molecule has 5 heteroatoms. The van der Waals surface area contributed by atoms with E-state index in [1.807, 2.05) is 0 Å². The van der Waals surface area contributed by atoms with Crippen molar-refractivity contribution in [3.8, 4) is 0 Å². The molecule has 1 nitrogen and oxygen atoms in total. The fraction of sp³-hybridized carbons (Fsp3) is 0.143. The number of hydrogen-bond acceptors (Lipinski definition) is 2. The van der Waals surface area contributed by atoms with Crippen LogP contribution in [0.1, 0.15) is 5.56 Å². The maximum absolute atomic E-state index is 13.9. The second-order valence-electron chi connectivity index (χ2n) is 4.04. The molecule has 19 heavy (non-hydrogen) atoms. The zero-order valence-corrected chi connectivity index (χ0v) is 11.5. The molecule has 0 saturated heterocycles. The topological polar surface area (TPSA) is 26.0 Å². The predicted octanol–water partition coefficient (Wildman–Crippen LogP) is 4.81. The maximum atomic E-state index is 13.9. The highest BCUT2D eigenvalue weighted by Gasteiger charge is 2.31. The van der Waals surface area contributed by atoms with Gasteiger partial charge in [-0.1, -0.05) is 41.9 Å². The third-order valence-corrected chi connectivity index (χ3v) is 4.01. The molecule has 0 unspecified atom stereocenters. The van der Waals surface area contributed by atoms with Crippen LogP contribution in [0.25, 0.3) is 0 Å². The molecule has 2 aromatic carbocycles. The lowest BCUT2D eigenvalue weighted by molar-refractivity contribution is 0.0232. The minimum absolute atomic E-state index is 0.0176. The maximum Gasteiger partial charge on any atom is 0.282 e. The van der Waals surface area contributed by atoms with E-state index in [1.54, 1.807) is 36.4 Å². The second kappa shape index (κ2) is 5.80. The number of nitrogens with two attached hydrogens (primary N) is 1. The van der Waals surface area contributed by atoms with Crippen molar-refractivity contribution >= 4 is 29.1 Å². The van der Waals surface area contributed by atoms with E-state index >= 15 is 0 Å². The van der Waals surface area contributed by atoms with Crippen molar-refractivity contribution in [1.29, 1.82) is 0 Å². The Balaban J connectivity index is 2.07. The van der Waals surface area contributed by atoms with Crippen LogP contribution in [0.2, 0.25) is 5.02 Å². The van der Waals surface area contributed by atoms with Crippen LogP contribution in [0.5, 0.6) is 0 Å². The Bertz CT molecular complexity index is 561. The van der Waals surface area contributed by atoms with Crippen LogP contribution in [-0.2, 0) is 5.92 Å². The van der Waals surface area contributed by atoms with E-state index in [2.05, 4.69) is 0 Å². The summed E-state index contributed by atoms with van der Waals surface area (Å²) in [6.45, 7) is 0. The predicted molar refractivity (Wildman–Crippen MR) is 76.9 cm³/mol. The number of thioether (sulfide) groups is 1. The Morgan fingerprint density at radius 3 is 2.42 bits per heavy atom. The van der Waals surface area contributed by atoms with Gasteiger partial charge in [0.15, 0.2) is 0 Å². The van der Waals surface area contributed by atoms with Gasteiger partial charge in [-0.2, -0.15) is 0 Å². The summed E-state index contributed by atoms with van der Waals surface area (Å²) in [5.74, 6) is -3.21. The largest absolute Gasteiger partial charge is 0.398 e. The number of anilines is 1. The van der Waals surface area contributed by atoms with E-state index < -0.39 is 5.92 Å². The van der Waals surface area contributed by atoms with Crippen LogP contribution in [-0.4, -0.2) is 5.75 Å². The standard InChI is InChI=1S/C14H12ClF2NS/c15-12-8-11(6-7-13(12)18)19-9-14(16,17)10-4-2-1-3-5-10/h1-8H,9,18H2. The summed E-state index contributed by atoms with van der Waals surface area (Å²) in [5, 5.41) is 0.382. The van der Waals surface area contributed by atoms with Crippen molar-refractivity contribution in [3.05, 3.63) is 59.1 Å². The highest BCUT2D eigenvalue weighted by atomic mass is 35.5. The summed E-state index contributed by atoms with van der Waals surface area (Å²) in [5.41, 5.74) is 6.04. The molecule has 0 atom stereocenters. The molecule has 0 aliphatic heterocycles. The molecule has 0 aliphatic rings. The van der Waals surface area contributed by atoms with Gasteiger partial charge in [-0.15, -0.1) is 11.8 Å². The normalized spacial score (nSPS) is 11.5. The van der Waals surface area contributed by atoms with Gasteiger partial charge in [-0.3, -0.25) is 0 Å². The SMILES string of the molecule is Nc1ccc(SCC(F)(F)c2ccccc2)cc1Cl. The number of benzene rings is 2. The monoisotopic (exact) mass is 299 g/mol. The van der Waals surface area contributed by atoms with E-state index in [0.717, 1.165) is 11.8 Å². The van der Waals surface area contributed by atoms with Crippen LogP contribution in [0.4, 0.5) is 14.5 Å². The summed E-state index contributed by atoms with van der Waals surface area (Å²) < 4.78 is 27.9. The molecule has 0 saturated carbocycles. The van der Waals surface area contributed by atoms with Gasteiger partial charge in [0, 0.05) is 10.5 Å². The number of alkyl halides is 2. The number of halogens is 3. The van der Waals surface area contributed by atoms with Gasteiger partial charge in [-0.05, 0) is 18.2 Å². The van der Waals surface area contributed by atoms with Gasteiger partial charge in [0.2, 0.25) is 0 Å². The van der Waals surface area contributed by atoms with Gasteiger partial charge in [0.05, 0.1) is 16.5 Å². The van der Waals surface area contributed by atoms with Crippen LogP contribution < -0.4 is 5.73 Å². The molecule has 0 amide bonds. The van der Waals surface area contributed by atoms with Gasteiger partial charge < -0.3 is 5.73 Å². The van der Waals surface area contributed by atoms with Gasteiger partial charge in [-0.25, -0.2) is 8.78 Å². The average Bonchev–Trinajstić information content (AvgIpc) is 2.41. The molecular weight excluding hydrogens is 288 g/mol. The Labute approximate surface area is 119 Å². The molecule has 0 aromatic heterocycles. The van der Waals surface area contributed by atoms with Gasteiger partial charge in [0.25, 0.3) is 5.92 Å². The van der Waals surface area contributed by atoms with E-state index in [4.69, 9.17) is 17.3 Å². The minimum atomic E-state index is -2.88. The molecule has 2 rings (SSSR count). The number of nitrogen functional groups attached to an aromatic ring is 1. The fourth-order valence-electron chi connectivity index (χ4n) is 1.54. The zero-order valence-electron chi connectivity index (χ0n) is 9.95. The summed E-state index contributed by atoms with van der Waals surface area (Å²) in [6, 6.07) is 12.7. The van der Waals surface area contributed by atoms with Crippen LogP contribution in [0.3, 0.4) is 0 Å². The Hall–Kier alpha value is -1.26. The van der Waals surface area contributed by atoms with Crippen molar-refractivity contribution in [2.75, 3.05) is 11.5 Å². The van der Waals surface area contributed by atoms with Crippen molar-refractivity contribution in [2.24, 2.45) is 0 Å². The first-order chi connectivity index (χ1) is 8.99. The summed E-state index contributed by atoms with van der Waals surface area (Å²) in [7, 11) is 0. The van der Waals surface area contributed by atoms with Crippen molar-refractivity contribution in [2.45, 2.75) is 10.8 Å². The molecule has 0 heterocycles. The third kappa shape index (κ3) is 3.61. The van der Waals surface area contributed by atoms with Crippen molar-refractivity contribution in [3.63, 3.8) is 0 Å². The number of hydrogen-bond donors (Lipinski definition) is 1. The number of rotatable bonds is 4. The van der Waals surface area contributed by atoms with E-state index in [0.29, 0.717) is 15.6 Å². The minimum Gasteiger partial charge on any atom is -0.398 e. The fourth-order valence-corrected chi connectivity index (χ4v) is 2.66. The zero-order chi connectivity index (χ0) is 13.9. The molecule has 0 bridgehead atoms. The second-order valence-corrected chi connectivity index (χ2v) is 5.50. The third-order valence-electron chi connectivity index (χ3n) is 2.59. The molecular formula is C14H12ClF2NS. The van der Waals surface area contributed by atoms with Crippen molar-refractivity contribution < 1.29 is 8.78 Å². The average molecular weight is 300 g/mol. The van der Waals surface area contributed by atoms with E-state index in [-0.39, 0.29) is 11.3 Å². The highest BCUT2D eigenvalue weighted by Crippen LogP contribution is 2.35. The van der Waals surface area contributed by atoms with Crippen LogP contribution in [0, 0.1) is 0 Å². The Kier molecular flexibility index (Phi) is 4.32. The highest BCUT2D eigenvalue weighted by molar-refractivity contribution is 7.99. The smallest absolute Gasteiger partial charge is 0.282 e. The summed E-state index contributed by atoms with van der Waals surface area (Å²) >= 11 is 6.91. The Morgan fingerprint density at radius 2 is 1.79 bits per heavy atom. The first-order valence-corrected chi connectivity index (χ1v) is 6.96. The molecule has 0 radical (unpaired) electrons. The molecule has 2 N–H and O–H groups in total. The van der Waals surface area contributed by atoms with Gasteiger partial charge >= 0.3 is 0 Å². The molecule has 0 fully saturated rings. The van der Waals surface area contributed by atoms with E-state index in [9.17, 15) is 8.78 Å². The summed E-state index contributed by atoms with van der Waals surface area (Å²) in [6.07, 6.45) is 0. The van der Waals surface area contributed by atoms with E-state index in [1.165, 1.54) is 12.1 Å². The van der Waals surface area contributed by atoms with Crippen molar-refractivity contribution in [1.82, 2.24) is 0 Å². The van der Waals surface area contributed by atoms with Crippen LogP contribution >= 0.6 is 23.4 Å². The Morgan fingerprint density at radius 1 is 1.11 bits per heavy atom. The lowest BCUT2D eigenvalue weighted by Gasteiger charge is -2.16. The lowest BCUT2D eigenvalue weighted by Crippen LogP contribution is -2.16. The first kappa shape index (κ1) is 14.2. The molecule has 0 aliphatic carbocycles. The summed E-state index contributed by atoms with van der Waals surface area (Å²) in [4.78, 5) is 0.676. The lowest BCUT2D eigenvalue weighted by atomic mass is 10.1. The molecule has 0 spiro atoms. The van der Waals surface area contributed by atoms with Gasteiger partial charge in [0.1, 0.15) is 0 Å². The quantitative estimate of drug-likeness (QED) is 0.648. The molecule has 100 valence electrons. The first-order valence-electron chi connectivity index (χ1n) is 5.60. The molecule has 2 aromatic rings. The van der Waals surface area contributed by atoms with Crippen LogP contribution in [0.15, 0.2) is 53.4 Å².